The van der Waals surface area contributed by atoms with Crippen molar-refractivity contribution in [1.29, 1.82) is 0 Å². The number of amides is 3. The van der Waals surface area contributed by atoms with Crippen molar-refractivity contribution in [3.8, 4) is 0 Å². The number of hydrogen-bond acceptors (Lipinski definition) is 4. The maximum absolute atomic E-state index is 12.0. The zero-order chi connectivity index (χ0) is 14.5. The Morgan fingerprint density at radius 2 is 1.70 bits per heavy atom. The third kappa shape index (κ3) is 3.47. The summed E-state index contributed by atoms with van der Waals surface area (Å²) in [5.74, 6) is -0.0500. The van der Waals surface area contributed by atoms with Crippen molar-refractivity contribution >= 4 is 17.7 Å². The lowest BCUT2D eigenvalue weighted by Gasteiger charge is -2.34. The van der Waals surface area contributed by atoms with Crippen molar-refractivity contribution in [3.63, 3.8) is 0 Å². The molecule has 1 N–H and O–H groups in total. The Balaban J connectivity index is 1.80. The summed E-state index contributed by atoms with van der Waals surface area (Å²) in [6.07, 6.45) is 0.297. The van der Waals surface area contributed by atoms with Crippen LogP contribution in [0.4, 0.5) is 0 Å². The lowest BCUT2D eigenvalue weighted by atomic mass is 10.2. The Kier molecular flexibility index (Phi) is 4.94. The number of nitrogens with one attached hydrogen (secondary N) is 1. The molecule has 3 amide bonds. The van der Waals surface area contributed by atoms with Crippen molar-refractivity contribution in [2.75, 3.05) is 52.4 Å². The van der Waals surface area contributed by atoms with Crippen LogP contribution in [-0.2, 0) is 14.4 Å². The average molecular weight is 282 g/mol. The first kappa shape index (κ1) is 14.8. The zero-order valence-corrected chi connectivity index (χ0v) is 11.9. The molecule has 0 bridgehead atoms. The Labute approximate surface area is 118 Å². The average Bonchev–Trinajstić information content (AvgIpc) is 2.48. The highest BCUT2D eigenvalue weighted by molar-refractivity contribution is 5.92. The summed E-state index contributed by atoms with van der Waals surface area (Å²) in [5, 5.41) is 3.19. The molecule has 0 aromatic carbocycles. The molecular formula is C13H22N4O3. The first-order valence-corrected chi connectivity index (χ1v) is 7.16. The largest absolute Gasteiger partial charge is 0.340 e. The number of rotatable bonds is 4. The SMILES string of the molecule is CCN1CC(=O)N(CCC(=O)N2CCNCC2)CC1=O. The predicted octanol–water partition coefficient (Wildman–Crippen LogP) is -1.50. The van der Waals surface area contributed by atoms with Gasteiger partial charge in [0.1, 0.15) is 0 Å². The van der Waals surface area contributed by atoms with Crippen molar-refractivity contribution in [3.05, 3.63) is 0 Å². The molecule has 2 aliphatic rings. The molecule has 0 spiro atoms. The van der Waals surface area contributed by atoms with E-state index in [0.717, 1.165) is 26.2 Å². The zero-order valence-electron chi connectivity index (χ0n) is 11.9. The van der Waals surface area contributed by atoms with Crippen molar-refractivity contribution in [2.24, 2.45) is 0 Å². The van der Waals surface area contributed by atoms with Crippen LogP contribution >= 0.6 is 0 Å². The van der Waals surface area contributed by atoms with E-state index in [2.05, 4.69) is 5.32 Å². The van der Waals surface area contributed by atoms with Crippen LogP contribution in [0.5, 0.6) is 0 Å². The fourth-order valence-corrected chi connectivity index (χ4v) is 2.50. The molecule has 7 nitrogen and oxygen atoms in total. The smallest absolute Gasteiger partial charge is 0.242 e. The molecule has 0 unspecified atom stereocenters. The molecular weight excluding hydrogens is 260 g/mol. The second kappa shape index (κ2) is 6.69. The molecule has 2 aliphatic heterocycles. The van der Waals surface area contributed by atoms with Gasteiger partial charge in [0, 0.05) is 45.7 Å². The van der Waals surface area contributed by atoms with Crippen molar-refractivity contribution in [1.82, 2.24) is 20.0 Å². The monoisotopic (exact) mass is 282 g/mol. The van der Waals surface area contributed by atoms with E-state index in [4.69, 9.17) is 0 Å². The molecule has 0 radical (unpaired) electrons. The van der Waals surface area contributed by atoms with Crippen LogP contribution in [0.25, 0.3) is 0 Å². The number of likely N-dealkylation sites (N-methyl/N-ethyl adjacent to an activating group) is 1. The van der Waals surface area contributed by atoms with Crippen LogP contribution in [0.15, 0.2) is 0 Å². The van der Waals surface area contributed by atoms with E-state index in [9.17, 15) is 14.4 Å². The number of hydrogen-bond donors (Lipinski definition) is 1. The minimum Gasteiger partial charge on any atom is -0.340 e. The summed E-state index contributed by atoms with van der Waals surface area (Å²) in [5.41, 5.74) is 0. The van der Waals surface area contributed by atoms with Gasteiger partial charge in [-0.2, -0.15) is 0 Å². The number of piperazine rings is 2. The topological polar surface area (TPSA) is 73.0 Å². The van der Waals surface area contributed by atoms with E-state index < -0.39 is 0 Å². The van der Waals surface area contributed by atoms with E-state index in [1.165, 1.54) is 9.80 Å². The Morgan fingerprint density at radius 3 is 2.35 bits per heavy atom. The fourth-order valence-electron chi connectivity index (χ4n) is 2.50. The van der Waals surface area contributed by atoms with Gasteiger partial charge < -0.3 is 20.0 Å². The maximum atomic E-state index is 12.0. The second-order valence-electron chi connectivity index (χ2n) is 5.10. The molecule has 2 saturated heterocycles. The molecule has 2 heterocycles. The van der Waals surface area contributed by atoms with Crippen molar-refractivity contribution < 1.29 is 14.4 Å². The Morgan fingerprint density at radius 1 is 1.10 bits per heavy atom. The highest BCUT2D eigenvalue weighted by Crippen LogP contribution is 2.06. The van der Waals surface area contributed by atoms with Gasteiger partial charge in [0.05, 0.1) is 13.1 Å². The summed E-state index contributed by atoms with van der Waals surface area (Å²) >= 11 is 0. The first-order valence-electron chi connectivity index (χ1n) is 7.16. The minimum absolute atomic E-state index is 0.0401. The minimum atomic E-state index is -0.0699. The lowest BCUT2D eigenvalue weighted by molar-refractivity contribution is -0.150. The summed E-state index contributed by atoms with van der Waals surface area (Å²) in [6.45, 7) is 6.05. The molecule has 7 heteroatoms. The maximum Gasteiger partial charge on any atom is 0.242 e. The van der Waals surface area contributed by atoms with Crippen LogP contribution < -0.4 is 5.32 Å². The van der Waals surface area contributed by atoms with Gasteiger partial charge in [0.2, 0.25) is 17.7 Å². The molecule has 20 heavy (non-hydrogen) atoms. The Hall–Kier alpha value is -1.63. The van der Waals surface area contributed by atoms with Crippen LogP contribution in [0.2, 0.25) is 0 Å². The van der Waals surface area contributed by atoms with Gasteiger partial charge in [-0.05, 0) is 6.92 Å². The second-order valence-corrected chi connectivity index (χ2v) is 5.10. The standard InChI is InChI=1S/C13H22N4O3/c1-2-15-9-13(20)17(10-12(15)19)6-3-11(18)16-7-4-14-5-8-16/h14H,2-10H2,1H3. The molecule has 0 atom stereocenters. The van der Waals surface area contributed by atoms with E-state index in [-0.39, 0.29) is 30.8 Å². The number of carbonyl (C=O) groups is 3. The van der Waals surface area contributed by atoms with E-state index in [1.807, 2.05) is 11.8 Å². The summed E-state index contributed by atoms with van der Waals surface area (Å²) in [7, 11) is 0. The fraction of sp³-hybridized carbons (Fsp3) is 0.769. The van der Waals surface area contributed by atoms with Gasteiger partial charge in [-0.15, -0.1) is 0 Å². The van der Waals surface area contributed by atoms with E-state index >= 15 is 0 Å². The van der Waals surface area contributed by atoms with Gasteiger partial charge in [0.15, 0.2) is 0 Å². The highest BCUT2D eigenvalue weighted by Gasteiger charge is 2.29. The van der Waals surface area contributed by atoms with Gasteiger partial charge in [0.25, 0.3) is 0 Å². The van der Waals surface area contributed by atoms with Gasteiger partial charge >= 0.3 is 0 Å². The van der Waals surface area contributed by atoms with Gasteiger partial charge in [-0.25, -0.2) is 0 Å². The normalized spacial score (nSPS) is 20.6. The van der Waals surface area contributed by atoms with Crippen LogP contribution in [0, 0.1) is 0 Å². The summed E-state index contributed by atoms with van der Waals surface area (Å²) < 4.78 is 0. The molecule has 2 rings (SSSR count). The summed E-state index contributed by atoms with van der Waals surface area (Å²) in [6, 6.07) is 0. The molecule has 0 aromatic heterocycles. The van der Waals surface area contributed by atoms with Crippen LogP contribution in [-0.4, -0.2) is 84.8 Å². The number of nitrogens with zero attached hydrogens (tertiary/aromatic N) is 3. The lowest BCUT2D eigenvalue weighted by Crippen LogP contribution is -2.54. The highest BCUT2D eigenvalue weighted by atomic mass is 16.2. The molecule has 112 valence electrons. The molecule has 0 aliphatic carbocycles. The quantitative estimate of drug-likeness (QED) is 0.681. The summed E-state index contributed by atoms with van der Waals surface area (Å²) in [4.78, 5) is 40.5. The van der Waals surface area contributed by atoms with E-state index in [0.29, 0.717) is 19.5 Å². The third-order valence-corrected chi connectivity index (χ3v) is 3.80. The van der Waals surface area contributed by atoms with Crippen LogP contribution in [0.3, 0.4) is 0 Å². The van der Waals surface area contributed by atoms with Crippen molar-refractivity contribution in [2.45, 2.75) is 13.3 Å². The molecule has 0 aromatic rings. The van der Waals surface area contributed by atoms with Gasteiger partial charge in [-0.1, -0.05) is 0 Å². The molecule has 2 fully saturated rings. The van der Waals surface area contributed by atoms with E-state index in [1.54, 1.807) is 0 Å². The third-order valence-electron chi connectivity index (χ3n) is 3.80. The van der Waals surface area contributed by atoms with Crippen LogP contribution in [0.1, 0.15) is 13.3 Å². The van der Waals surface area contributed by atoms with Gasteiger partial charge in [-0.3, -0.25) is 14.4 Å². The first-order chi connectivity index (χ1) is 9.61. The predicted molar refractivity (Wildman–Crippen MR) is 72.9 cm³/mol. The number of carbonyl (C=O) groups excluding carboxylic acids is 3. The molecule has 0 saturated carbocycles. The Bertz CT molecular complexity index is 393.